The van der Waals surface area contributed by atoms with E-state index in [2.05, 4.69) is 44.0 Å². The zero-order valence-electron chi connectivity index (χ0n) is 16.7. The SMILES string of the molecule is Cc1cccc(NC(=O)Nc2ccc(-c3ccc4c(-c5cscn5)n[nH]c4c3)cc2)c1. The molecule has 6 nitrogen and oxygen atoms in total. The number of aromatic amines is 1. The van der Waals surface area contributed by atoms with Crippen LogP contribution in [0.5, 0.6) is 0 Å². The highest BCUT2D eigenvalue weighted by Gasteiger charge is 2.11. The first-order valence-corrected chi connectivity index (χ1v) is 10.7. The standard InChI is InChI=1S/C24H19N5OS/c1-15-3-2-4-19(11-15)27-24(30)26-18-8-5-16(6-9-18)17-7-10-20-21(12-17)28-29-23(20)22-13-31-14-25-22/h2-14H,1H3,(H,28,29)(H2,26,27,30). The molecule has 152 valence electrons. The molecule has 2 heterocycles. The molecule has 0 radical (unpaired) electrons. The van der Waals surface area contributed by atoms with Gasteiger partial charge in [-0.05, 0) is 60.0 Å². The fourth-order valence-electron chi connectivity index (χ4n) is 3.49. The highest BCUT2D eigenvalue weighted by molar-refractivity contribution is 7.07. The van der Waals surface area contributed by atoms with Gasteiger partial charge in [0.2, 0.25) is 0 Å². The van der Waals surface area contributed by atoms with Gasteiger partial charge >= 0.3 is 6.03 Å². The molecule has 0 bridgehead atoms. The molecule has 0 unspecified atom stereocenters. The van der Waals surface area contributed by atoms with E-state index in [0.29, 0.717) is 0 Å². The number of carbonyl (C=O) groups is 1. The molecule has 2 amide bonds. The smallest absolute Gasteiger partial charge is 0.308 e. The number of anilines is 2. The van der Waals surface area contributed by atoms with Gasteiger partial charge in [-0.15, -0.1) is 11.3 Å². The number of aromatic nitrogens is 3. The Morgan fingerprint density at radius 3 is 2.52 bits per heavy atom. The first-order valence-electron chi connectivity index (χ1n) is 9.77. The summed E-state index contributed by atoms with van der Waals surface area (Å²) in [6.45, 7) is 1.99. The predicted octanol–water partition coefficient (Wildman–Crippen LogP) is 6.31. The van der Waals surface area contributed by atoms with Crippen molar-refractivity contribution in [2.45, 2.75) is 6.92 Å². The van der Waals surface area contributed by atoms with E-state index in [1.807, 2.05) is 60.8 Å². The third kappa shape index (κ3) is 4.04. The van der Waals surface area contributed by atoms with Gasteiger partial charge in [-0.25, -0.2) is 9.78 Å². The lowest BCUT2D eigenvalue weighted by Gasteiger charge is -2.09. The van der Waals surface area contributed by atoms with Crippen LogP contribution in [0.3, 0.4) is 0 Å². The maximum absolute atomic E-state index is 12.3. The number of rotatable bonds is 4. The van der Waals surface area contributed by atoms with Crippen LogP contribution in [0.2, 0.25) is 0 Å². The van der Waals surface area contributed by atoms with Crippen molar-refractivity contribution in [1.29, 1.82) is 0 Å². The van der Waals surface area contributed by atoms with Crippen molar-refractivity contribution in [2.75, 3.05) is 10.6 Å². The van der Waals surface area contributed by atoms with Crippen LogP contribution in [-0.4, -0.2) is 21.2 Å². The Balaban J connectivity index is 1.31. The van der Waals surface area contributed by atoms with E-state index in [9.17, 15) is 4.79 Å². The molecular weight excluding hydrogens is 406 g/mol. The number of H-pyrrole nitrogens is 1. The number of hydrogen-bond donors (Lipinski definition) is 3. The maximum atomic E-state index is 12.3. The summed E-state index contributed by atoms with van der Waals surface area (Å²) in [5.74, 6) is 0. The molecule has 0 spiro atoms. The van der Waals surface area contributed by atoms with Crippen molar-refractivity contribution in [3.63, 3.8) is 0 Å². The lowest BCUT2D eigenvalue weighted by molar-refractivity contribution is 0.262. The zero-order valence-corrected chi connectivity index (χ0v) is 17.5. The fraction of sp³-hybridized carbons (Fsp3) is 0.0417. The van der Waals surface area contributed by atoms with Crippen LogP contribution in [-0.2, 0) is 0 Å². The number of amides is 2. The third-order valence-electron chi connectivity index (χ3n) is 4.99. The summed E-state index contributed by atoms with van der Waals surface area (Å²) in [4.78, 5) is 16.6. The van der Waals surface area contributed by atoms with Crippen molar-refractivity contribution in [3.05, 3.63) is 83.2 Å². The number of fused-ring (bicyclic) bond motifs is 1. The molecule has 3 N–H and O–H groups in total. The van der Waals surface area contributed by atoms with Crippen molar-refractivity contribution in [3.8, 4) is 22.5 Å². The summed E-state index contributed by atoms with van der Waals surface area (Å²) >= 11 is 1.55. The average molecular weight is 426 g/mol. The molecule has 3 aromatic carbocycles. The number of carbonyl (C=O) groups excluding carboxylic acids is 1. The highest BCUT2D eigenvalue weighted by Crippen LogP contribution is 2.30. The molecule has 5 rings (SSSR count). The maximum Gasteiger partial charge on any atom is 0.323 e. The molecule has 0 atom stereocenters. The molecule has 7 heteroatoms. The van der Waals surface area contributed by atoms with E-state index in [1.54, 1.807) is 16.8 Å². The van der Waals surface area contributed by atoms with Crippen molar-refractivity contribution >= 4 is 39.6 Å². The number of aryl methyl sites for hydroxylation is 1. The number of hydrogen-bond acceptors (Lipinski definition) is 4. The van der Waals surface area contributed by atoms with Crippen LogP contribution in [0, 0.1) is 6.92 Å². The van der Waals surface area contributed by atoms with Gasteiger partial charge in [0, 0.05) is 22.1 Å². The molecule has 0 aliphatic rings. The Morgan fingerprint density at radius 1 is 0.935 bits per heavy atom. The lowest BCUT2D eigenvalue weighted by atomic mass is 10.0. The van der Waals surface area contributed by atoms with E-state index in [0.717, 1.165) is 50.4 Å². The molecule has 0 saturated heterocycles. The first-order chi connectivity index (χ1) is 15.2. The second-order valence-electron chi connectivity index (χ2n) is 7.23. The van der Waals surface area contributed by atoms with Crippen LogP contribution < -0.4 is 10.6 Å². The summed E-state index contributed by atoms with van der Waals surface area (Å²) in [6.07, 6.45) is 0. The first kappa shape index (κ1) is 19.0. The van der Waals surface area contributed by atoms with E-state index in [4.69, 9.17) is 0 Å². The number of benzene rings is 3. The van der Waals surface area contributed by atoms with E-state index in [-0.39, 0.29) is 6.03 Å². The minimum Gasteiger partial charge on any atom is -0.308 e. The molecular formula is C24H19N5OS. The second-order valence-corrected chi connectivity index (χ2v) is 7.95. The minimum atomic E-state index is -0.271. The summed E-state index contributed by atoms with van der Waals surface area (Å²) in [7, 11) is 0. The van der Waals surface area contributed by atoms with Gasteiger partial charge in [0.15, 0.2) is 0 Å². The third-order valence-corrected chi connectivity index (χ3v) is 5.58. The molecule has 0 aliphatic carbocycles. The minimum absolute atomic E-state index is 0.271. The van der Waals surface area contributed by atoms with Crippen molar-refractivity contribution in [2.24, 2.45) is 0 Å². The normalized spacial score (nSPS) is 10.9. The van der Waals surface area contributed by atoms with Crippen molar-refractivity contribution in [1.82, 2.24) is 15.2 Å². The molecule has 0 aliphatic heterocycles. The number of urea groups is 1. The zero-order chi connectivity index (χ0) is 21.2. The van der Waals surface area contributed by atoms with Crippen molar-refractivity contribution < 1.29 is 4.79 Å². The quantitative estimate of drug-likeness (QED) is 0.316. The monoisotopic (exact) mass is 425 g/mol. The van der Waals surface area contributed by atoms with Gasteiger partial charge in [0.05, 0.1) is 11.0 Å². The van der Waals surface area contributed by atoms with Crippen LogP contribution in [0.15, 0.2) is 77.6 Å². The number of thiazole rings is 1. The van der Waals surface area contributed by atoms with Gasteiger partial charge < -0.3 is 10.6 Å². The summed E-state index contributed by atoms with van der Waals surface area (Å²) in [5, 5.41) is 16.3. The molecule has 2 aromatic heterocycles. The van der Waals surface area contributed by atoms with Crippen LogP contribution in [0.1, 0.15) is 5.56 Å². The van der Waals surface area contributed by atoms with Gasteiger partial charge in [0.25, 0.3) is 0 Å². The van der Waals surface area contributed by atoms with E-state index >= 15 is 0 Å². The lowest BCUT2D eigenvalue weighted by Crippen LogP contribution is -2.19. The van der Waals surface area contributed by atoms with E-state index < -0.39 is 0 Å². The summed E-state index contributed by atoms with van der Waals surface area (Å²) in [5.41, 5.74) is 9.20. The Morgan fingerprint density at radius 2 is 1.74 bits per heavy atom. The van der Waals surface area contributed by atoms with Gasteiger partial charge in [-0.3, -0.25) is 5.10 Å². The Kier molecular flexibility index (Phi) is 4.93. The molecule has 5 aromatic rings. The highest BCUT2D eigenvalue weighted by atomic mass is 32.1. The van der Waals surface area contributed by atoms with Gasteiger partial charge in [0.1, 0.15) is 11.4 Å². The summed E-state index contributed by atoms with van der Waals surface area (Å²) in [6, 6.07) is 21.4. The fourth-order valence-corrected chi connectivity index (χ4v) is 4.02. The molecule has 31 heavy (non-hydrogen) atoms. The van der Waals surface area contributed by atoms with Crippen LogP contribution >= 0.6 is 11.3 Å². The molecule has 0 saturated carbocycles. The van der Waals surface area contributed by atoms with E-state index in [1.165, 1.54) is 0 Å². The molecule has 0 fully saturated rings. The van der Waals surface area contributed by atoms with Crippen LogP contribution in [0.25, 0.3) is 33.4 Å². The van der Waals surface area contributed by atoms with Crippen LogP contribution in [0.4, 0.5) is 16.2 Å². The average Bonchev–Trinajstić information content (AvgIpc) is 3.43. The largest absolute Gasteiger partial charge is 0.323 e. The van der Waals surface area contributed by atoms with Gasteiger partial charge in [-0.1, -0.05) is 30.3 Å². The topological polar surface area (TPSA) is 82.7 Å². The Hall–Kier alpha value is -3.97. The summed E-state index contributed by atoms with van der Waals surface area (Å²) < 4.78 is 0. The number of nitrogens with zero attached hydrogens (tertiary/aromatic N) is 2. The predicted molar refractivity (Wildman–Crippen MR) is 126 cm³/mol. The number of nitrogens with one attached hydrogen (secondary N) is 3. The second kappa shape index (κ2) is 8.04. The Labute approximate surface area is 183 Å². The Bertz CT molecular complexity index is 1360. The van der Waals surface area contributed by atoms with Gasteiger partial charge in [-0.2, -0.15) is 5.10 Å².